The number of ketones is 1. The average Bonchev–Trinajstić information content (AvgIpc) is 2.66. The lowest BCUT2D eigenvalue weighted by Gasteiger charge is -2.03. The molecular formula is C11H9FN2O2S. The fraction of sp³-hybridized carbons (Fsp3) is 0.182. The molecule has 0 spiro atoms. The molecule has 0 unspecified atom stereocenters. The second-order valence-electron chi connectivity index (χ2n) is 3.39. The van der Waals surface area contributed by atoms with E-state index in [1.807, 2.05) is 0 Å². The fourth-order valence-electron chi connectivity index (χ4n) is 1.28. The molecule has 0 atom stereocenters. The van der Waals surface area contributed by atoms with Crippen LogP contribution in [-0.4, -0.2) is 16.0 Å². The predicted octanol–water partition coefficient (Wildman–Crippen LogP) is 2.87. The van der Waals surface area contributed by atoms with E-state index in [0.29, 0.717) is 21.6 Å². The van der Waals surface area contributed by atoms with Gasteiger partial charge in [0.15, 0.2) is 5.78 Å². The van der Waals surface area contributed by atoms with Crippen LogP contribution in [0.2, 0.25) is 0 Å². The molecule has 1 heterocycles. The first-order valence-electron chi connectivity index (χ1n) is 4.84. The van der Waals surface area contributed by atoms with Gasteiger partial charge in [-0.1, -0.05) is 0 Å². The highest BCUT2D eigenvalue weighted by molar-refractivity contribution is 7.99. The van der Waals surface area contributed by atoms with Crippen molar-refractivity contribution in [2.45, 2.75) is 24.0 Å². The van der Waals surface area contributed by atoms with E-state index >= 15 is 0 Å². The molecule has 0 fully saturated rings. The molecule has 0 saturated carbocycles. The van der Waals surface area contributed by atoms with Crippen molar-refractivity contribution in [1.82, 2.24) is 10.2 Å². The van der Waals surface area contributed by atoms with Crippen LogP contribution in [0.5, 0.6) is 0 Å². The quantitative estimate of drug-likeness (QED) is 0.786. The molecule has 1 aromatic heterocycles. The number of aryl methyl sites for hydroxylation is 1. The summed E-state index contributed by atoms with van der Waals surface area (Å²) in [6.07, 6.45) is 0. The van der Waals surface area contributed by atoms with Crippen LogP contribution in [0.4, 0.5) is 4.39 Å². The van der Waals surface area contributed by atoms with Crippen molar-refractivity contribution < 1.29 is 13.6 Å². The minimum absolute atomic E-state index is 0.205. The molecule has 88 valence electrons. The third-order valence-electron chi connectivity index (χ3n) is 2.03. The monoisotopic (exact) mass is 252 g/mol. The zero-order valence-corrected chi connectivity index (χ0v) is 10.0. The normalized spacial score (nSPS) is 10.5. The van der Waals surface area contributed by atoms with E-state index in [9.17, 15) is 9.18 Å². The van der Waals surface area contributed by atoms with Crippen LogP contribution in [0.25, 0.3) is 0 Å². The molecule has 1 aromatic carbocycles. The van der Waals surface area contributed by atoms with Gasteiger partial charge in [-0.25, -0.2) is 4.39 Å². The summed E-state index contributed by atoms with van der Waals surface area (Å²) >= 11 is 1.14. The second kappa shape index (κ2) is 4.67. The Labute approximate surface area is 101 Å². The number of hydrogen-bond donors (Lipinski definition) is 0. The fourth-order valence-corrected chi connectivity index (χ4v) is 2.16. The van der Waals surface area contributed by atoms with Crippen molar-refractivity contribution in [1.29, 1.82) is 0 Å². The number of Topliss-reactive ketones (excluding diaryl/α,β-unsaturated/α-hetero) is 1. The zero-order chi connectivity index (χ0) is 12.4. The molecule has 2 aromatic rings. The number of halogens is 1. The van der Waals surface area contributed by atoms with Crippen molar-refractivity contribution in [3.05, 3.63) is 35.5 Å². The summed E-state index contributed by atoms with van der Waals surface area (Å²) in [6.45, 7) is 3.06. The predicted molar refractivity (Wildman–Crippen MR) is 59.6 cm³/mol. The molecule has 2 rings (SSSR count). The van der Waals surface area contributed by atoms with Crippen LogP contribution < -0.4 is 0 Å². The number of nitrogens with zero attached hydrogens (tertiary/aromatic N) is 2. The molecule has 0 amide bonds. The molecule has 0 aliphatic carbocycles. The molecule has 0 aliphatic heterocycles. The van der Waals surface area contributed by atoms with E-state index in [0.717, 1.165) is 11.8 Å². The lowest BCUT2D eigenvalue weighted by atomic mass is 10.1. The summed E-state index contributed by atoms with van der Waals surface area (Å²) in [7, 11) is 0. The smallest absolute Gasteiger partial charge is 0.281 e. The molecule has 4 nitrogen and oxygen atoms in total. The number of hydrogen-bond acceptors (Lipinski definition) is 5. The Hall–Kier alpha value is -1.69. The van der Waals surface area contributed by atoms with Gasteiger partial charge in [0.25, 0.3) is 5.22 Å². The molecule has 0 saturated heterocycles. The van der Waals surface area contributed by atoms with E-state index in [1.165, 1.54) is 25.1 Å². The van der Waals surface area contributed by atoms with Gasteiger partial charge in [0.05, 0.1) is 0 Å². The van der Waals surface area contributed by atoms with Gasteiger partial charge < -0.3 is 4.42 Å². The second-order valence-corrected chi connectivity index (χ2v) is 4.38. The maximum atomic E-state index is 13.0. The Bertz CT molecular complexity index is 568. The van der Waals surface area contributed by atoms with Gasteiger partial charge in [-0.05, 0) is 36.9 Å². The first-order valence-corrected chi connectivity index (χ1v) is 5.66. The first-order chi connectivity index (χ1) is 8.06. The van der Waals surface area contributed by atoms with Crippen LogP contribution in [0.3, 0.4) is 0 Å². The molecule has 17 heavy (non-hydrogen) atoms. The largest absolute Gasteiger partial charge is 0.416 e. The lowest BCUT2D eigenvalue weighted by molar-refractivity contribution is 0.101. The Morgan fingerprint density at radius 1 is 1.41 bits per heavy atom. The molecule has 0 aliphatic rings. The Morgan fingerprint density at radius 3 is 2.76 bits per heavy atom. The van der Waals surface area contributed by atoms with Gasteiger partial charge >= 0.3 is 0 Å². The highest BCUT2D eigenvalue weighted by Crippen LogP contribution is 2.30. The maximum absolute atomic E-state index is 13.0. The minimum Gasteiger partial charge on any atom is -0.416 e. The summed E-state index contributed by atoms with van der Waals surface area (Å²) in [4.78, 5) is 12.0. The first kappa shape index (κ1) is 11.8. The Morgan fingerprint density at radius 2 is 2.18 bits per heavy atom. The standard InChI is InChI=1S/C11H9FN2O2S/c1-6(15)9-5-8(12)3-4-10(9)17-11-14-13-7(2)16-11/h3-5H,1-2H3. The van der Waals surface area contributed by atoms with Crippen LogP contribution >= 0.6 is 11.8 Å². The maximum Gasteiger partial charge on any atom is 0.281 e. The average molecular weight is 252 g/mol. The van der Waals surface area contributed by atoms with Gasteiger partial charge in [-0.15, -0.1) is 10.2 Å². The van der Waals surface area contributed by atoms with Gasteiger partial charge in [0.1, 0.15) is 5.82 Å². The van der Waals surface area contributed by atoms with Crippen molar-refractivity contribution in [3.8, 4) is 0 Å². The molecule has 0 radical (unpaired) electrons. The van der Waals surface area contributed by atoms with Crippen molar-refractivity contribution in [3.63, 3.8) is 0 Å². The van der Waals surface area contributed by atoms with Gasteiger partial charge in [-0.2, -0.15) is 0 Å². The Balaban J connectivity index is 2.35. The summed E-state index contributed by atoms with van der Waals surface area (Å²) in [6, 6.07) is 4.02. The van der Waals surface area contributed by atoms with Gasteiger partial charge in [0, 0.05) is 17.4 Å². The minimum atomic E-state index is -0.443. The number of carbonyl (C=O) groups excluding carboxylic acids is 1. The molecule has 0 N–H and O–H groups in total. The Kier molecular flexibility index (Phi) is 3.23. The summed E-state index contributed by atoms with van der Waals surface area (Å²) in [5.74, 6) is -0.205. The van der Waals surface area contributed by atoms with Gasteiger partial charge in [0.2, 0.25) is 5.89 Å². The van der Waals surface area contributed by atoms with E-state index in [1.54, 1.807) is 6.92 Å². The van der Waals surface area contributed by atoms with Crippen molar-refractivity contribution >= 4 is 17.5 Å². The molecular weight excluding hydrogens is 243 g/mol. The third kappa shape index (κ3) is 2.71. The van der Waals surface area contributed by atoms with E-state index < -0.39 is 5.82 Å². The summed E-state index contributed by atoms with van der Waals surface area (Å²) in [5.41, 5.74) is 0.311. The van der Waals surface area contributed by atoms with Crippen LogP contribution in [0.15, 0.2) is 32.7 Å². The number of rotatable bonds is 3. The van der Waals surface area contributed by atoms with Crippen LogP contribution in [-0.2, 0) is 0 Å². The number of aromatic nitrogens is 2. The van der Waals surface area contributed by atoms with Crippen LogP contribution in [0, 0.1) is 12.7 Å². The summed E-state index contributed by atoms with van der Waals surface area (Å²) in [5, 5.41) is 7.81. The number of carbonyl (C=O) groups is 1. The van der Waals surface area contributed by atoms with E-state index in [4.69, 9.17) is 4.42 Å². The highest BCUT2D eigenvalue weighted by Gasteiger charge is 2.13. The van der Waals surface area contributed by atoms with Crippen molar-refractivity contribution in [2.75, 3.05) is 0 Å². The van der Waals surface area contributed by atoms with E-state index in [2.05, 4.69) is 10.2 Å². The molecule has 0 bridgehead atoms. The lowest BCUT2D eigenvalue weighted by Crippen LogP contribution is -1.96. The summed E-state index contributed by atoms with van der Waals surface area (Å²) < 4.78 is 18.2. The van der Waals surface area contributed by atoms with E-state index in [-0.39, 0.29) is 5.78 Å². The SMILES string of the molecule is CC(=O)c1cc(F)ccc1Sc1nnc(C)o1. The highest BCUT2D eigenvalue weighted by atomic mass is 32.2. The zero-order valence-electron chi connectivity index (χ0n) is 9.23. The topological polar surface area (TPSA) is 56.0 Å². The molecule has 6 heteroatoms. The van der Waals surface area contributed by atoms with Crippen molar-refractivity contribution in [2.24, 2.45) is 0 Å². The van der Waals surface area contributed by atoms with Crippen LogP contribution in [0.1, 0.15) is 23.2 Å². The number of benzene rings is 1. The van der Waals surface area contributed by atoms with Gasteiger partial charge in [-0.3, -0.25) is 4.79 Å². The third-order valence-corrected chi connectivity index (χ3v) is 2.94.